The molecule has 0 aromatic carbocycles. The Morgan fingerprint density at radius 2 is 2.38 bits per heavy atom. The van der Waals surface area contributed by atoms with E-state index in [1.807, 2.05) is 0 Å². The summed E-state index contributed by atoms with van der Waals surface area (Å²) in [6.07, 6.45) is 2.97. The van der Waals surface area contributed by atoms with Crippen molar-refractivity contribution in [2.24, 2.45) is 11.7 Å². The lowest BCUT2D eigenvalue weighted by molar-refractivity contribution is -0.130. The summed E-state index contributed by atoms with van der Waals surface area (Å²) < 4.78 is 0. The van der Waals surface area contributed by atoms with Crippen LogP contribution in [-0.4, -0.2) is 29.5 Å². The van der Waals surface area contributed by atoms with Crippen LogP contribution in [0.2, 0.25) is 0 Å². The van der Waals surface area contributed by atoms with Crippen LogP contribution in [0, 0.1) is 5.92 Å². The molecule has 1 saturated heterocycles. The molecule has 1 amide bonds. The van der Waals surface area contributed by atoms with Gasteiger partial charge in [-0.05, 0) is 25.3 Å². The number of nitrogens with two attached hydrogens (primary N) is 1. The highest BCUT2D eigenvalue weighted by Crippen LogP contribution is 2.42. The van der Waals surface area contributed by atoms with Crippen molar-refractivity contribution in [2.75, 3.05) is 13.1 Å². The molecule has 74 valence electrons. The molecule has 4 nitrogen and oxygen atoms in total. The van der Waals surface area contributed by atoms with Crippen LogP contribution >= 0.6 is 0 Å². The molecular formula is C9H17N3O. The minimum Gasteiger partial charge on any atom is -0.330 e. The average molecular weight is 183 g/mol. The first kappa shape index (κ1) is 8.97. The number of hydrogen-bond acceptors (Lipinski definition) is 3. The van der Waals surface area contributed by atoms with Gasteiger partial charge in [0.2, 0.25) is 5.91 Å². The second-order valence-corrected chi connectivity index (χ2v) is 4.41. The Morgan fingerprint density at radius 3 is 2.85 bits per heavy atom. The zero-order valence-corrected chi connectivity index (χ0v) is 8.05. The maximum Gasteiger partial charge on any atom is 0.238 e. The van der Waals surface area contributed by atoms with E-state index in [4.69, 9.17) is 5.73 Å². The Kier molecular flexibility index (Phi) is 2.04. The molecule has 0 radical (unpaired) electrons. The van der Waals surface area contributed by atoms with Gasteiger partial charge in [-0.15, -0.1) is 0 Å². The van der Waals surface area contributed by atoms with Gasteiger partial charge in [-0.2, -0.15) is 0 Å². The van der Waals surface area contributed by atoms with Gasteiger partial charge in [0.1, 0.15) is 0 Å². The van der Waals surface area contributed by atoms with Crippen LogP contribution < -0.4 is 11.2 Å². The van der Waals surface area contributed by atoms with E-state index in [1.54, 1.807) is 5.01 Å². The highest BCUT2D eigenvalue weighted by Gasteiger charge is 2.51. The lowest BCUT2D eigenvalue weighted by Crippen LogP contribution is -2.42. The monoisotopic (exact) mass is 183 g/mol. The lowest BCUT2D eigenvalue weighted by atomic mass is 10.2. The fraction of sp³-hybridized carbons (Fsp3) is 0.889. The molecule has 13 heavy (non-hydrogen) atoms. The predicted octanol–water partition coefficient (Wildman–Crippen LogP) is -0.149. The summed E-state index contributed by atoms with van der Waals surface area (Å²) in [4.78, 5) is 11.5. The summed E-state index contributed by atoms with van der Waals surface area (Å²) in [5.41, 5.74) is 8.96. The van der Waals surface area contributed by atoms with Crippen LogP contribution in [0.15, 0.2) is 0 Å². The van der Waals surface area contributed by atoms with E-state index in [2.05, 4.69) is 12.3 Å². The van der Waals surface area contributed by atoms with Crippen molar-refractivity contribution in [1.29, 1.82) is 0 Å². The smallest absolute Gasteiger partial charge is 0.238 e. The first-order chi connectivity index (χ1) is 6.15. The molecule has 0 bridgehead atoms. The third-order valence-corrected chi connectivity index (χ3v) is 2.91. The highest BCUT2D eigenvalue weighted by molar-refractivity contribution is 5.80. The van der Waals surface area contributed by atoms with Crippen molar-refractivity contribution in [3.63, 3.8) is 0 Å². The molecule has 1 aliphatic carbocycles. The van der Waals surface area contributed by atoms with Crippen molar-refractivity contribution >= 4 is 5.91 Å². The van der Waals surface area contributed by atoms with E-state index in [-0.39, 0.29) is 11.4 Å². The number of nitrogens with one attached hydrogen (secondary N) is 1. The number of nitrogens with zero attached hydrogens (tertiary/aromatic N) is 1. The van der Waals surface area contributed by atoms with E-state index in [9.17, 15) is 4.79 Å². The molecule has 1 saturated carbocycles. The average Bonchev–Trinajstić information content (AvgIpc) is 2.75. The third kappa shape index (κ3) is 1.69. The van der Waals surface area contributed by atoms with Crippen LogP contribution in [0.3, 0.4) is 0 Å². The Labute approximate surface area is 78.4 Å². The number of hydrazine groups is 1. The quantitative estimate of drug-likeness (QED) is 0.640. The minimum absolute atomic E-state index is 0.158. The molecule has 4 heteroatoms. The van der Waals surface area contributed by atoms with Gasteiger partial charge >= 0.3 is 0 Å². The predicted molar refractivity (Wildman–Crippen MR) is 49.6 cm³/mol. The van der Waals surface area contributed by atoms with E-state index >= 15 is 0 Å². The molecule has 1 heterocycles. The molecule has 2 rings (SSSR count). The van der Waals surface area contributed by atoms with Gasteiger partial charge in [-0.1, -0.05) is 6.92 Å². The molecule has 1 aliphatic heterocycles. The summed E-state index contributed by atoms with van der Waals surface area (Å²) in [7, 11) is 0. The SMILES string of the molecule is CC(CN)CN1NC2(CC2)CC1=O. The van der Waals surface area contributed by atoms with Gasteiger partial charge < -0.3 is 5.73 Å². The Morgan fingerprint density at radius 1 is 1.69 bits per heavy atom. The molecule has 2 aliphatic rings. The zero-order valence-electron chi connectivity index (χ0n) is 8.05. The van der Waals surface area contributed by atoms with E-state index in [0.29, 0.717) is 18.9 Å². The first-order valence-corrected chi connectivity index (χ1v) is 4.93. The van der Waals surface area contributed by atoms with Crippen LogP contribution in [0.1, 0.15) is 26.2 Å². The maximum absolute atomic E-state index is 11.5. The van der Waals surface area contributed by atoms with E-state index in [0.717, 1.165) is 19.4 Å². The number of carbonyl (C=O) groups is 1. The summed E-state index contributed by atoms with van der Waals surface area (Å²) in [6, 6.07) is 0. The Balaban J connectivity index is 1.90. The highest BCUT2D eigenvalue weighted by atomic mass is 16.2. The fourth-order valence-electron chi connectivity index (χ4n) is 1.75. The molecule has 0 aromatic heterocycles. The van der Waals surface area contributed by atoms with Crippen LogP contribution in [-0.2, 0) is 4.79 Å². The van der Waals surface area contributed by atoms with E-state index < -0.39 is 0 Å². The topological polar surface area (TPSA) is 58.4 Å². The summed E-state index contributed by atoms with van der Waals surface area (Å²) in [5.74, 6) is 0.614. The van der Waals surface area contributed by atoms with Crippen molar-refractivity contribution in [1.82, 2.24) is 10.4 Å². The van der Waals surface area contributed by atoms with Crippen molar-refractivity contribution in [3.05, 3.63) is 0 Å². The van der Waals surface area contributed by atoms with Crippen LogP contribution in [0.25, 0.3) is 0 Å². The Bertz CT molecular complexity index is 225. The largest absolute Gasteiger partial charge is 0.330 e. The van der Waals surface area contributed by atoms with Crippen LogP contribution in [0.5, 0.6) is 0 Å². The molecular weight excluding hydrogens is 166 g/mol. The second-order valence-electron chi connectivity index (χ2n) is 4.41. The first-order valence-electron chi connectivity index (χ1n) is 4.93. The fourth-order valence-corrected chi connectivity index (χ4v) is 1.75. The minimum atomic E-state index is 0.158. The number of rotatable bonds is 3. The van der Waals surface area contributed by atoms with Gasteiger partial charge in [-0.25, -0.2) is 5.43 Å². The Hall–Kier alpha value is -0.610. The van der Waals surface area contributed by atoms with Gasteiger partial charge in [0.25, 0.3) is 0 Å². The van der Waals surface area contributed by atoms with Crippen molar-refractivity contribution in [2.45, 2.75) is 31.7 Å². The van der Waals surface area contributed by atoms with Crippen molar-refractivity contribution in [3.8, 4) is 0 Å². The van der Waals surface area contributed by atoms with Gasteiger partial charge in [-0.3, -0.25) is 9.80 Å². The number of carbonyl (C=O) groups excluding carboxylic acids is 1. The summed E-state index contributed by atoms with van der Waals surface area (Å²) in [5, 5.41) is 1.75. The molecule has 1 atom stereocenters. The molecule has 0 aromatic rings. The maximum atomic E-state index is 11.5. The van der Waals surface area contributed by atoms with Gasteiger partial charge in [0.15, 0.2) is 0 Å². The summed E-state index contributed by atoms with van der Waals surface area (Å²) in [6.45, 7) is 3.45. The molecule has 2 fully saturated rings. The van der Waals surface area contributed by atoms with Crippen molar-refractivity contribution < 1.29 is 4.79 Å². The third-order valence-electron chi connectivity index (χ3n) is 2.91. The van der Waals surface area contributed by atoms with E-state index in [1.165, 1.54) is 0 Å². The normalized spacial score (nSPS) is 26.9. The summed E-state index contributed by atoms with van der Waals surface area (Å²) >= 11 is 0. The van der Waals surface area contributed by atoms with Gasteiger partial charge in [0.05, 0.1) is 0 Å². The van der Waals surface area contributed by atoms with Crippen LogP contribution in [0.4, 0.5) is 0 Å². The standard InChI is InChI=1S/C9H17N3O/c1-7(5-10)6-12-8(13)4-9(11-12)2-3-9/h7,11H,2-6,10H2,1H3. The lowest BCUT2D eigenvalue weighted by Gasteiger charge is -2.20. The zero-order chi connectivity index (χ0) is 9.47. The number of hydrogen-bond donors (Lipinski definition) is 2. The number of amides is 1. The second kappa shape index (κ2) is 2.96. The molecule has 1 unspecified atom stereocenters. The molecule has 3 N–H and O–H groups in total. The van der Waals surface area contributed by atoms with Gasteiger partial charge in [0, 0.05) is 18.5 Å². The molecule has 1 spiro atoms.